The molecular formula is C14H17F2NO2. The highest BCUT2D eigenvalue weighted by molar-refractivity contribution is 5.68. The average Bonchev–Trinajstić information content (AvgIpc) is 2.58. The summed E-state index contributed by atoms with van der Waals surface area (Å²) in [6.45, 7) is 5.28. The topological polar surface area (TPSA) is 38.3 Å². The fourth-order valence-electron chi connectivity index (χ4n) is 2.24. The van der Waals surface area contributed by atoms with E-state index in [9.17, 15) is 13.6 Å². The van der Waals surface area contributed by atoms with Crippen LogP contribution in [-0.4, -0.2) is 11.7 Å². The van der Waals surface area contributed by atoms with E-state index in [0.29, 0.717) is 24.0 Å². The Morgan fingerprint density at radius 1 is 1.37 bits per heavy atom. The summed E-state index contributed by atoms with van der Waals surface area (Å²) in [5.41, 5.74) is 0.379. The first-order valence-electron chi connectivity index (χ1n) is 6.23. The van der Waals surface area contributed by atoms with Gasteiger partial charge in [-0.3, -0.25) is 0 Å². The molecule has 0 heterocycles. The van der Waals surface area contributed by atoms with Crippen molar-refractivity contribution in [1.82, 2.24) is 5.32 Å². The molecule has 1 aromatic rings. The second-order valence-electron chi connectivity index (χ2n) is 5.69. The van der Waals surface area contributed by atoms with Gasteiger partial charge in [0.05, 0.1) is 6.04 Å². The molecule has 0 saturated heterocycles. The molecule has 1 aliphatic rings. The molecule has 0 spiro atoms. The van der Waals surface area contributed by atoms with Gasteiger partial charge in [0.25, 0.3) is 0 Å². The molecule has 1 unspecified atom stereocenters. The van der Waals surface area contributed by atoms with E-state index in [1.807, 2.05) is 0 Å². The molecule has 0 radical (unpaired) electrons. The van der Waals surface area contributed by atoms with Gasteiger partial charge in [0.15, 0.2) is 0 Å². The molecule has 0 fully saturated rings. The van der Waals surface area contributed by atoms with E-state index in [1.165, 1.54) is 6.07 Å². The highest BCUT2D eigenvalue weighted by atomic mass is 19.1. The minimum absolute atomic E-state index is 0.393. The fourth-order valence-corrected chi connectivity index (χ4v) is 2.24. The van der Waals surface area contributed by atoms with E-state index in [-0.39, 0.29) is 0 Å². The van der Waals surface area contributed by atoms with Crippen LogP contribution in [-0.2, 0) is 11.2 Å². The molecule has 0 saturated carbocycles. The molecule has 5 heteroatoms. The highest BCUT2D eigenvalue weighted by Gasteiger charge is 2.28. The van der Waals surface area contributed by atoms with E-state index in [4.69, 9.17) is 4.74 Å². The van der Waals surface area contributed by atoms with Crippen molar-refractivity contribution in [3.05, 3.63) is 34.9 Å². The second-order valence-corrected chi connectivity index (χ2v) is 5.69. The average molecular weight is 269 g/mol. The number of halogens is 2. The lowest BCUT2D eigenvalue weighted by atomic mass is 10.1. The van der Waals surface area contributed by atoms with Gasteiger partial charge in [0, 0.05) is 6.07 Å². The van der Waals surface area contributed by atoms with Crippen molar-refractivity contribution in [3.63, 3.8) is 0 Å². The van der Waals surface area contributed by atoms with Gasteiger partial charge in [-0.1, -0.05) is 0 Å². The Morgan fingerprint density at radius 3 is 2.68 bits per heavy atom. The van der Waals surface area contributed by atoms with Crippen molar-refractivity contribution in [3.8, 4) is 0 Å². The van der Waals surface area contributed by atoms with Crippen LogP contribution in [0, 0.1) is 11.6 Å². The number of carbonyl (C=O) groups is 1. The number of rotatable bonds is 1. The van der Waals surface area contributed by atoms with Crippen LogP contribution in [0.1, 0.15) is 44.4 Å². The van der Waals surface area contributed by atoms with Gasteiger partial charge >= 0.3 is 6.09 Å². The molecular weight excluding hydrogens is 252 g/mol. The van der Waals surface area contributed by atoms with Crippen LogP contribution < -0.4 is 5.32 Å². The summed E-state index contributed by atoms with van der Waals surface area (Å²) in [5, 5.41) is 2.65. The molecule has 1 aromatic carbocycles. The zero-order chi connectivity index (χ0) is 14.2. The normalized spacial score (nSPS) is 18.1. The van der Waals surface area contributed by atoms with E-state index < -0.39 is 29.4 Å². The summed E-state index contributed by atoms with van der Waals surface area (Å²) < 4.78 is 31.9. The third kappa shape index (κ3) is 3.22. The number of ether oxygens (including phenoxy) is 1. The first kappa shape index (κ1) is 13.8. The Labute approximate surface area is 111 Å². The van der Waals surface area contributed by atoms with Crippen molar-refractivity contribution >= 4 is 6.09 Å². The standard InChI is InChI=1S/C14H17F2NO2/c1-14(2,3)19-13(18)17-12-5-4-9-10(12)6-8(15)7-11(9)16/h6-7,12H,4-5H2,1-3H3,(H,17,18). The number of hydrogen-bond acceptors (Lipinski definition) is 2. The maximum absolute atomic E-state index is 13.5. The van der Waals surface area contributed by atoms with Gasteiger partial charge in [-0.2, -0.15) is 0 Å². The predicted octanol–water partition coefficient (Wildman–Crippen LogP) is 3.48. The van der Waals surface area contributed by atoms with Crippen LogP contribution in [0.3, 0.4) is 0 Å². The molecule has 1 aliphatic carbocycles. The van der Waals surface area contributed by atoms with Crippen molar-refractivity contribution < 1.29 is 18.3 Å². The summed E-state index contributed by atoms with van der Waals surface area (Å²) in [6, 6.07) is 1.75. The van der Waals surface area contributed by atoms with Gasteiger partial charge < -0.3 is 10.1 Å². The van der Waals surface area contributed by atoms with Crippen LogP contribution in [0.15, 0.2) is 12.1 Å². The number of benzene rings is 1. The van der Waals surface area contributed by atoms with Crippen molar-refractivity contribution in [2.45, 2.75) is 45.3 Å². The van der Waals surface area contributed by atoms with Crippen LogP contribution in [0.25, 0.3) is 0 Å². The molecule has 1 amide bonds. The second kappa shape index (κ2) is 4.79. The Morgan fingerprint density at radius 2 is 2.05 bits per heavy atom. The Kier molecular flexibility index (Phi) is 3.47. The number of fused-ring (bicyclic) bond motifs is 1. The zero-order valence-corrected chi connectivity index (χ0v) is 11.2. The third-order valence-corrected chi connectivity index (χ3v) is 2.94. The summed E-state index contributed by atoms with van der Waals surface area (Å²) in [7, 11) is 0. The molecule has 0 bridgehead atoms. The summed E-state index contributed by atoms with van der Waals surface area (Å²) >= 11 is 0. The minimum atomic E-state index is -0.630. The number of alkyl carbamates (subject to hydrolysis) is 1. The quantitative estimate of drug-likeness (QED) is 0.847. The molecule has 104 valence electrons. The Hall–Kier alpha value is -1.65. The lowest BCUT2D eigenvalue weighted by Crippen LogP contribution is -2.34. The van der Waals surface area contributed by atoms with Crippen LogP contribution in [0.4, 0.5) is 13.6 Å². The number of carbonyl (C=O) groups excluding carboxylic acids is 1. The van der Waals surface area contributed by atoms with Gasteiger partial charge in [-0.05, 0) is 50.8 Å². The van der Waals surface area contributed by atoms with E-state index >= 15 is 0 Å². The smallest absolute Gasteiger partial charge is 0.408 e. The lowest BCUT2D eigenvalue weighted by molar-refractivity contribution is 0.0503. The van der Waals surface area contributed by atoms with Crippen LogP contribution in [0.5, 0.6) is 0 Å². The van der Waals surface area contributed by atoms with Crippen molar-refractivity contribution in [2.75, 3.05) is 0 Å². The van der Waals surface area contributed by atoms with Gasteiger partial charge in [0.2, 0.25) is 0 Å². The third-order valence-electron chi connectivity index (χ3n) is 2.94. The molecule has 0 aliphatic heterocycles. The SMILES string of the molecule is CC(C)(C)OC(=O)NC1CCc2c(F)cc(F)cc21. The predicted molar refractivity (Wildman–Crippen MR) is 66.8 cm³/mol. The van der Waals surface area contributed by atoms with Crippen LogP contribution in [0.2, 0.25) is 0 Å². The van der Waals surface area contributed by atoms with E-state index in [2.05, 4.69) is 5.32 Å². The van der Waals surface area contributed by atoms with Crippen molar-refractivity contribution in [2.24, 2.45) is 0 Å². The van der Waals surface area contributed by atoms with Crippen molar-refractivity contribution in [1.29, 1.82) is 0 Å². The number of hydrogen-bond donors (Lipinski definition) is 1. The molecule has 1 N–H and O–H groups in total. The lowest BCUT2D eigenvalue weighted by Gasteiger charge is -2.22. The van der Waals surface area contributed by atoms with E-state index in [1.54, 1.807) is 20.8 Å². The minimum Gasteiger partial charge on any atom is -0.444 e. The summed E-state index contributed by atoms with van der Waals surface area (Å²) in [6.07, 6.45) is 0.464. The largest absolute Gasteiger partial charge is 0.444 e. The Bertz CT molecular complexity index is 509. The Balaban J connectivity index is 2.13. The fraction of sp³-hybridized carbons (Fsp3) is 0.500. The van der Waals surface area contributed by atoms with E-state index in [0.717, 1.165) is 6.07 Å². The zero-order valence-electron chi connectivity index (χ0n) is 11.2. The van der Waals surface area contributed by atoms with Crippen LogP contribution >= 0.6 is 0 Å². The molecule has 1 atom stereocenters. The molecule has 2 rings (SSSR count). The summed E-state index contributed by atoms with van der Waals surface area (Å²) in [5.74, 6) is -1.18. The molecule has 19 heavy (non-hydrogen) atoms. The molecule has 0 aromatic heterocycles. The first-order valence-corrected chi connectivity index (χ1v) is 6.23. The maximum Gasteiger partial charge on any atom is 0.408 e. The number of nitrogens with one attached hydrogen (secondary N) is 1. The summed E-state index contributed by atoms with van der Waals surface area (Å²) in [4.78, 5) is 11.7. The highest BCUT2D eigenvalue weighted by Crippen LogP contribution is 2.33. The first-order chi connectivity index (χ1) is 8.76. The van der Waals surface area contributed by atoms with Gasteiger partial charge in [-0.15, -0.1) is 0 Å². The molecule has 3 nitrogen and oxygen atoms in total. The van der Waals surface area contributed by atoms with Gasteiger partial charge in [-0.25, -0.2) is 13.6 Å². The number of amides is 1. The monoisotopic (exact) mass is 269 g/mol. The maximum atomic E-state index is 13.5. The van der Waals surface area contributed by atoms with Gasteiger partial charge in [0.1, 0.15) is 17.2 Å².